The molecule has 2 aliphatic rings. The molecule has 0 aromatic carbocycles. The predicted molar refractivity (Wildman–Crippen MR) is 88.6 cm³/mol. The summed E-state index contributed by atoms with van der Waals surface area (Å²) in [5.74, 6) is 2.16. The van der Waals surface area contributed by atoms with Crippen molar-refractivity contribution >= 4 is 5.82 Å². The van der Waals surface area contributed by atoms with E-state index in [1.807, 2.05) is 6.20 Å². The van der Waals surface area contributed by atoms with Gasteiger partial charge < -0.3 is 10.2 Å². The van der Waals surface area contributed by atoms with Gasteiger partial charge in [0.1, 0.15) is 5.82 Å². The van der Waals surface area contributed by atoms with Crippen molar-refractivity contribution in [2.75, 3.05) is 18.0 Å². The quantitative estimate of drug-likeness (QED) is 0.836. The Morgan fingerprint density at radius 1 is 1.24 bits per heavy atom. The van der Waals surface area contributed by atoms with Crippen LogP contribution in [0.1, 0.15) is 57.4 Å². The molecule has 2 atom stereocenters. The fourth-order valence-corrected chi connectivity index (χ4v) is 4.11. The van der Waals surface area contributed by atoms with E-state index in [1.54, 1.807) is 0 Å². The van der Waals surface area contributed by atoms with E-state index in [9.17, 15) is 0 Å². The van der Waals surface area contributed by atoms with E-state index >= 15 is 0 Å². The monoisotopic (exact) mass is 287 g/mol. The van der Waals surface area contributed by atoms with E-state index in [4.69, 9.17) is 4.98 Å². The molecule has 1 saturated heterocycles. The molecular formula is C18H29N3. The molecule has 1 aromatic heterocycles. The first-order valence-electron chi connectivity index (χ1n) is 8.81. The smallest absolute Gasteiger partial charge is 0.133 e. The first kappa shape index (κ1) is 14.8. The Hall–Kier alpha value is -1.09. The van der Waals surface area contributed by atoms with Crippen LogP contribution in [0.2, 0.25) is 0 Å². The Bertz CT molecular complexity index is 444. The molecule has 1 aliphatic carbocycles. The molecule has 3 nitrogen and oxygen atoms in total. The van der Waals surface area contributed by atoms with Crippen LogP contribution in [0.4, 0.5) is 5.82 Å². The van der Waals surface area contributed by atoms with Gasteiger partial charge in [0, 0.05) is 30.9 Å². The van der Waals surface area contributed by atoms with Gasteiger partial charge in [0.25, 0.3) is 0 Å². The van der Waals surface area contributed by atoms with Crippen LogP contribution < -0.4 is 10.2 Å². The summed E-state index contributed by atoms with van der Waals surface area (Å²) in [5, 5.41) is 3.54. The third kappa shape index (κ3) is 3.39. The van der Waals surface area contributed by atoms with E-state index in [0.29, 0.717) is 0 Å². The lowest BCUT2D eigenvalue weighted by atomic mass is 9.78. The van der Waals surface area contributed by atoms with Crippen LogP contribution in [0.5, 0.6) is 0 Å². The number of hydrogen-bond acceptors (Lipinski definition) is 3. The lowest BCUT2D eigenvalue weighted by molar-refractivity contribution is 0.242. The summed E-state index contributed by atoms with van der Waals surface area (Å²) in [4.78, 5) is 7.39. The number of nitrogens with one attached hydrogen (secondary N) is 1. The zero-order chi connectivity index (χ0) is 14.5. The molecule has 1 aromatic rings. The summed E-state index contributed by atoms with van der Waals surface area (Å²) in [6.45, 7) is 5.44. The Labute approximate surface area is 129 Å². The highest BCUT2D eigenvalue weighted by Gasteiger charge is 2.34. The fourth-order valence-electron chi connectivity index (χ4n) is 4.11. The summed E-state index contributed by atoms with van der Waals surface area (Å²) in [6, 6.07) is 5.07. The Balaban J connectivity index is 1.78. The van der Waals surface area contributed by atoms with Gasteiger partial charge in [-0.3, -0.25) is 0 Å². The standard InChI is InChI=1S/C18H29N3/c1-2-11-19-14-16-8-5-12-20-18(16)21-13-6-9-15-7-3-4-10-17(15)21/h5,8,12,15,17,19H,2-4,6-7,9-11,13-14H2,1H3. The maximum atomic E-state index is 4.76. The molecule has 1 N–H and O–H groups in total. The molecule has 3 rings (SSSR count). The lowest BCUT2D eigenvalue weighted by Gasteiger charge is -2.45. The van der Waals surface area contributed by atoms with Crippen molar-refractivity contribution in [2.24, 2.45) is 5.92 Å². The van der Waals surface area contributed by atoms with Gasteiger partial charge in [0.15, 0.2) is 0 Å². The molecular weight excluding hydrogens is 258 g/mol. The minimum atomic E-state index is 0.743. The van der Waals surface area contributed by atoms with E-state index in [1.165, 1.54) is 62.9 Å². The molecule has 1 saturated carbocycles. The van der Waals surface area contributed by atoms with Gasteiger partial charge in [-0.05, 0) is 50.6 Å². The maximum absolute atomic E-state index is 4.76. The normalized spacial score (nSPS) is 25.7. The molecule has 0 spiro atoms. The Morgan fingerprint density at radius 3 is 3.00 bits per heavy atom. The highest BCUT2D eigenvalue weighted by molar-refractivity contribution is 5.48. The average Bonchev–Trinajstić information content (AvgIpc) is 2.55. The van der Waals surface area contributed by atoms with E-state index < -0.39 is 0 Å². The summed E-state index contributed by atoms with van der Waals surface area (Å²) >= 11 is 0. The molecule has 3 heteroatoms. The van der Waals surface area contributed by atoms with Crippen LogP contribution in [0.25, 0.3) is 0 Å². The van der Waals surface area contributed by atoms with Crippen molar-refractivity contribution < 1.29 is 0 Å². The zero-order valence-electron chi connectivity index (χ0n) is 13.4. The Morgan fingerprint density at radius 2 is 2.10 bits per heavy atom. The minimum Gasteiger partial charge on any atom is -0.353 e. The molecule has 116 valence electrons. The van der Waals surface area contributed by atoms with Crippen LogP contribution >= 0.6 is 0 Å². The van der Waals surface area contributed by atoms with Crippen LogP contribution in [-0.4, -0.2) is 24.1 Å². The van der Waals surface area contributed by atoms with Crippen molar-refractivity contribution in [2.45, 2.75) is 64.5 Å². The molecule has 21 heavy (non-hydrogen) atoms. The van der Waals surface area contributed by atoms with Crippen LogP contribution in [-0.2, 0) is 6.54 Å². The number of hydrogen-bond donors (Lipinski definition) is 1. The average molecular weight is 287 g/mol. The highest BCUT2D eigenvalue weighted by Crippen LogP contribution is 2.37. The third-order valence-corrected chi connectivity index (χ3v) is 5.13. The van der Waals surface area contributed by atoms with E-state index in [-0.39, 0.29) is 0 Å². The van der Waals surface area contributed by atoms with Crippen molar-refractivity contribution in [3.63, 3.8) is 0 Å². The summed E-state index contributed by atoms with van der Waals surface area (Å²) in [6.07, 6.45) is 11.5. The molecule has 0 bridgehead atoms. The number of aromatic nitrogens is 1. The van der Waals surface area contributed by atoms with Gasteiger partial charge in [0.05, 0.1) is 0 Å². The molecule has 0 radical (unpaired) electrons. The van der Waals surface area contributed by atoms with Crippen molar-refractivity contribution in [1.82, 2.24) is 10.3 Å². The third-order valence-electron chi connectivity index (χ3n) is 5.13. The molecule has 2 fully saturated rings. The number of anilines is 1. The summed E-state index contributed by atoms with van der Waals surface area (Å²) in [7, 11) is 0. The number of nitrogens with zero attached hydrogens (tertiary/aromatic N) is 2. The van der Waals surface area contributed by atoms with Gasteiger partial charge in [0.2, 0.25) is 0 Å². The SMILES string of the molecule is CCCNCc1cccnc1N1CCCC2CCCCC21. The molecule has 2 heterocycles. The van der Waals surface area contributed by atoms with Crippen LogP contribution in [0, 0.1) is 5.92 Å². The van der Waals surface area contributed by atoms with Gasteiger partial charge in [-0.2, -0.15) is 0 Å². The largest absolute Gasteiger partial charge is 0.353 e. The second kappa shape index (κ2) is 7.26. The second-order valence-electron chi connectivity index (χ2n) is 6.61. The number of fused-ring (bicyclic) bond motifs is 1. The lowest BCUT2D eigenvalue weighted by Crippen LogP contribution is -2.47. The Kier molecular flexibility index (Phi) is 5.13. The maximum Gasteiger partial charge on any atom is 0.133 e. The second-order valence-corrected chi connectivity index (χ2v) is 6.61. The minimum absolute atomic E-state index is 0.743. The van der Waals surface area contributed by atoms with Crippen molar-refractivity contribution in [3.05, 3.63) is 23.9 Å². The van der Waals surface area contributed by atoms with Gasteiger partial charge in [-0.1, -0.05) is 25.8 Å². The van der Waals surface area contributed by atoms with Crippen LogP contribution in [0.15, 0.2) is 18.3 Å². The van der Waals surface area contributed by atoms with Crippen molar-refractivity contribution in [1.29, 1.82) is 0 Å². The van der Waals surface area contributed by atoms with Crippen molar-refractivity contribution in [3.8, 4) is 0 Å². The van der Waals surface area contributed by atoms with Gasteiger partial charge >= 0.3 is 0 Å². The number of rotatable bonds is 5. The topological polar surface area (TPSA) is 28.2 Å². The number of pyridine rings is 1. The first-order chi connectivity index (χ1) is 10.4. The summed E-state index contributed by atoms with van der Waals surface area (Å²) in [5.41, 5.74) is 1.37. The predicted octanol–water partition coefficient (Wildman–Crippen LogP) is 3.74. The highest BCUT2D eigenvalue weighted by atomic mass is 15.2. The molecule has 1 aliphatic heterocycles. The number of piperidine rings is 1. The van der Waals surface area contributed by atoms with E-state index in [2.05, 4.69) is 29.3 Å². The molecule has 2 unspecified atom stereocenters. The fraction of sp³-hybridized carbons (Fsp3) is 0.722. The zero-order valence-corrected chi connectivity index (χ0v) is 13.4. The van der Waals surface area contributed by atoms with Gasteiger partial charge in [-0.25, -0.2) is 4.98 Å². The first-order valence-corrected chi connectivity index (χ1v) is 8.81. The molecule has 0 amide bonds. The summed E-state index contributed by atoms with van der Waals surface area (Å²) < 4.78 is 0. The van der Waals surface area contributed by atoms with Gasteiger partial charge in [-0.15, -0.1) is 0 Å². The van der Waals surface area contributed by atoms with Crippen LogP contribution in [0.3, 0.4) is 0 Å². The van der Waals surface area contributed by atoms with E-state index in [0.717, 1.165) is 25.0 Å².